The molecule has 2 bridgehead atoms. The first-order valence-electron chi connectivity index (χ1n) is 13.7. The van der Waals surface area contributed by atoms with Crippen molar-refractivity contribution in [3.63, 3.8) is 0 Å². The van der Waals surface area contributed by atoms with Gasteiger partial charge in [0.2, 0.25) is 0 Å². The van der Waals surface area contributed by atoms with Crippen LogP contribution < -0.4 is 9.64 Å². The molecule has 2 saturated heterocycles. The highest BCUT2D eigenvalue weighted by atomic mass is 19.4. The van der Waals surface area contributed by atoms with E-state index in [9.17, 15) is 23.1 Å². The van der Waals surface area contributed by atoms with E-state index in [1.54, 1.807) is 22.8 Å². The number of ether oxygens (including phenoxy) is 2. The van der Waals surface area contributed by atoms with E-state index in [1.807, 2.05) is 12.1 Å². The molecular weight excluding hydrogens is 541 g/mol. The van der Waals surface area contributed by atoms with Gasteiger partial charge in [0, 0.05) is 41.0 Å². The number of aromatic carboxylic acids is 1. The van der Waals surface area contributed by atoms with E-state index >= 15 is 0 Å². The van der Waals surface area contributed by atoms with Crippen LogP contribution in [0.5, 0.6) is 5.75 Å². The summed E-state index contributed by atoms with van der Waals surface area (Å²) in [6.45, 7) is 0.179. The number of halogens is 3. The van der Waals surface area contributed by atoms with Crippen molar-refractivity contribution < 1.29 is 37.1 Å². The number of anilines is 1. The van der Waals surface area contributed by atoms with Crippen LogP contribution in [0.3, 0.4) is 0 Å². The van der Waals surface area contributed by atoms with Gasteiger partial charge in [-0.3, -0.25) is 0 Å². The van der Waals surface area contributed by atoms with E-state index in [0.29, 0.717) is 22.5 Å². The Morgan fingerprint density at radius 2 is 1.85 bits per heavy atom. The predicted molar refractivity (Wildman–Crippen MR) is 140 cm³/mol. The molecule has 3 aliphatic rings. The molecule has 0 spiro atoms. The molecule has 3 atom stereocenters. The number of carbonyl (C=O) groups is 1. The molecule has 0 radical (unpaired) electrons. The molecule has 214 valence electrons. The van der Waals surface area contributed by atoms with E-state index in [0.717, 1.165) is 44.2 Å². The van der Waals surface area contributed by atoms with Crippen molar-refractivity contribution in [2.75, 3.05) is 4.90 Å². The van der Waals surface area contributed by atoms with E-state index in [4.69, 9.17) is 9.26 Å². The Morgan fingerprint density at radius 1 is 1.10 bits per heavy atom. The number of nitrogens with zero attached hydrogens (tertiary/aromatic N) is 4. The van der Waals surface area contributed by atoms with Crippen LogP contribution in [0, 0.1) is 0 Å². The second-order valence-electron chi connectivity index (χ2n) is 11.0. The third kappa shape index (κ3) is 4.90. The molecule has 41 heavy (non-hydrogen) atoms. The topological polar surface area (TPSA) is 102 Å². The molecule has 4 aromatic rings. The lowest BCUT2D eigenvalue weighted by Gasteiger charge is -2.40. The second-order valence-corrected chi connectivity index (χ2v) is 11.0. The fourth-order valence-corrected chi connectivity index (χ4v) is 6.40. The molecule has 2 aliphatic heterocycles. The number of rotatable bonds is 8. The van der Waals surface area contributed by atoms with Gasteiger partial charge < -0.3 is 24.0 Å². The summed E-state index contributed by atoms with van der Waals surface area (Å²) in [5.74, 6) is -0.480. The summed E-state index contributed by atoms with van der Waals surface area (Å²) in [4.78, 5) is 14.0. The Balaban J connectivity index is 1.10. The average Bonchev–Trinajstić information content (AvgIpc) is 3.44. The maximum atomic E-state index is 13.1. The highest BCUT2D eigenvalue weighted by molar-refractivity contribution is 5.96. The first kappa shape index (κ1) is 25.9. The standard InChI is InChI=1S/C29H27F3N4O5/c30-29(31,32)40-25-4-2-1-3-21(25)26-23(27(41-34-26)16-5-6-16)15-39-20-11-17-7-8-18(12-20)36(17)19-9-10-35-24(13-19)22(14-33-35)28(37)38/h1-4,9-10,13-14,16-18,20H,5-8,11-12,15H2,(H,37,38)/t17-,18+,20?. The van der Waals surface area contributed by atoms with Crippen molar-refractivity contribution in [1.29, 1.82) is 0 Å². The van der Waals surface area contributed by atoms with Gasteiger partial charge in [0.25, 0.3) is 0 Å². The maximum Gasteiger partial charge on any atom is 0.573 e. The van der Waals surface area contributed by atoms with Gasteiger partial charge in [-0.1, -0.05) is 17.3 Å². The fraction of sp³-hybridized carbons (Fsp3) is 0.414. The van der Waals surface area contributed by atoms with Crippen molar-refractivity contribution in [3.8, 4) is 17.0 Å². The van der Waals surface area contributed by atoms with Crippen LogP contribution in [0.25, 0.3) is 16.8 Å². The van der Waals surface area contributed by atoms with E-state index < -0.39 is 12.3 Å². The number of carboxylic acid groups (broad SMARTS) is 1. The largest absolute Gasteiger partial charge is 0.573 e. The van der Waals surface area contributed by atoms with Crippen LogP contribution in [0.15, 0.2) is 53.3 Å². The van der Waals surface area contributed by atoms with Crippen molar-refractivity contribution in [1.82, 2.24) is 14.8 Å². The maximum absolute atomic E-state index is 13.1. The smallest absolute Gasteiger partial charge is 0.478 e. The SMILES string of the molecule is O=C(O)c1cnn2ccc(N3[C@@H]4CC[C@H]3CC(OCc3c(-c5ccccc5OC(F)(F)F)noc3C3CC3)C4)cc12. The molecule has 1 N–H and O–H groups in total. The van der Waals surface area contributed by atoms with Gasteiger partial charge in [-0.15, -0.1) is 13.2 Å². The van der Waals surface area contributed by atoms with Gasteiger partial charge in [-0.2, -0.15) is 5.10 Å². The molecule has 1 aliphatic carbocycles. The van der Waals surface area contributed by atoms with Crippen LogP contribution in [0.4, 0.5) is 18.9 Å². The summed E-state index contributed by atoms with van der Waals surface area (Å²) in [6, 6.07) is 10.2. The van der Waals surface area contributed by atoms with Crippen molar-refractivity contribution in [2.24, 2.45) is 0 Å². The number of hydrogen-bond acceptors (Lipinski definition) is 7. The molecule has 3 aromatic heterocycles. The molecule has 9 nitrogen and oxygen atoms in total. The lowest BCUT2D eigenvalue weighted by Crippen LogP contribution is -2.45. The lowest BCUT2D eigenvalue weighted by molar-refractivity contribution is -0.274. The molecule has 0 amide bonds. The van der Waals surface area contributed by atoms with Crippen LogP contribution in [0.2, 0.25) is 0 Å². The first-order valence-corrected chi connectivity index (χ1v) is 13.7. The predicted octanol–water partition coefficient (Wildman–Crippen LogP) is 6.18. The number of alkyl halides is 3. The van der Waals surface area contributed by atoms with Crippen LogP contribution >= 0.6 is 0 Å². The Labute approximate surface area is 232 Å². The minimum absolute atomic E-state index is 0.0477. The Bertz CT molecular complexity index is 1600. The molecule has 12 heteroatoms. The molecule has 1 saturated carbocycles. The molecule has 1 aromatic carbocycles. The number of hydrogen-bond donors (Lipinski definition) is 1. The number of benzene rings is 1. The number of carboxylic acids is 1. The molecule has 1 unspecified atom stereocenters. The Hall–Kier alpha value is -4.06. The summed E-state index contributed by atoms with van der Waals surface area (Å²) >= 11 is 0. The highest BCUT2D eigenvalue weighted by Gasteiger charge is 2.42. The van der Waals surface area contributed by atoms with Gasteiger partial charge in [0.1, 0.15) is 22.8 Å². The van der Waals surface area contributed by atoms with Crippen LogP contribution in [0.1, 0.15) is 66.1 Å². The van der Waals surface area contributed by atoms with E-state index in [-0.39, 0.29) is 47.6 Å². The van der Waals surface area contributed by atoms with E-state index in [2.05, 4.69) is 19.9 Å². The highest BCUT2D eigenvalue weighted by Crippen LogP contribution is 2.46. The third-order valence-corrected chi connectivity index (χ3v) is 8.32. The number of piperidine rings is 1. The number of para-hydroxylation sites is 1. The fourth-order valence-electron chi connectivity index (χ4n) is 6.40. The Kier molecular flexibility index (Phi) is 6.18. The van der Waals surface area contributed by atoms with Gasteiger partial charge in [0.15, 0.2) is 0 Å². The number of aromatic nitrogens is 3. The number of pyridine rings is 1. The zero-order valence-corrected chi connectivity index (χ0v) is 21.9. The van der Waals surface area contributed by atoms with Gasteiger partial charge in [-0.05, 0) is 62.8 Å². The second kappa shape index (κ2) is 9.79. The van der Waals surface area contributed by atoms with Gasteiger partial charge >= 0.3 is 12.3 Å². The minimum atomic E-state index is -4.83. The summed E-state index contributed by atoms with van der Waals surface area (Å²) in [5.41, 5.74) is 2.88. The quantitative estimate of drug-likeness (QED) is 0.269. The summed E-state index contributed by atoms with van der Waals surface area (Å²) in [5, 5.41) is 17.8. The summed E-state index contributed by atoms with van der Waals surface area (Å²) in [7, 11) is 0. The normalized spacial score (nSPS) is 22.4. The first-order chi connectivity index (χ1) is 19.7. The van der Waals surface area contributed by atoms with Crippen LogP contribution in [-0.4, -0.2) is 50.4 Å². The van der Waals surface area contributed by atoms with Crippen molar-refractivity contribution in [3.05, 3.63) is 65.7 Å². The summed E-state index contributed by atoms with van der Waals surface area (Å²) in [6.07, 6.45) is 3.69. The van der Waals surface area contributed by atoms with Crippen LogP contribution in [-0.2, 0) is 11.3 Å². The van der Waals surface area contributed by atoms with Gasteiger partial charge in [-0.25, -0.2) is 9.31 Å². The van der Waals surface area contributed by atoms with Crippen molar-refractivity contribution in [2.45, 2.75) is 75.6 Å². The third-order valence-electron chi connectivity index (χ3n) is 8.32. The van der Waals surface area contributed by atoms with E-state index in [1.165, 1.54) is 18.3 Å². The monoisotopic (exact) mass is 568 g/mol. The number of fused-ring (bicyclic) bond motifs is 3. The van der Waals surface area contributed by atoms with Crippen molar-refractivity contribution >= 4 is 17.2 Å². The molecular formula is C29H27F3N4O5. The molecule has 3 fully saturated rings. The molecule has 7 rings (SSSR count). The summed E-state index contributed by atoms with van der Waals surface area (Å²) < 4.78 is 57.2. The van der Waals surface area contributed by atoms with Gasteiger partial charge in [0.05, 0.1) is 24.4 Å². The Morgan fingerprint density at radius 3 is 2.56 bits per heavy atom. The average molecular weight is 569 g/mol. The zero-order chi connectivity index (χ0) is 28.3. The zero-order valence-electron chi connectivity index (χ0n) is 21.9. The molecule has 5 heterocycles. The lowest BCUT2D eigenvalue weighted by atomic mass is 9.98. The minimum Gasteiger partial charge on any atom is -0.478 e.